The minimum Gasteiger partial charge on any atom is -0.456 e. The van der Waals surface area contributed by atoms with Gasteiger partial charge in [-0.2, -0.15) is 0 Å². The smallest absolute Gasteiger partial charge is 0.456 e. The molecule has 2 N–H and O–H groups in total. The van der Waals surface area contributed by atoms with Gasteiger partial charge in [0.25, 0.3) is 0 Å². The molecule has 220 valence electrons. The molecule has 0 aliphatic carbocycles. The zero-order valence-corrected chi connectivity index (χ0v) is 22.6. The standard InChI is InChI=1S/C18H11BO4.C18H10O2.2CH4/c20-19(21)16-17-12(10-5-1-3-7-14(10)22-17)9-13-11-6-2-4-8-15(11)23-18(13)16;1-3-7-15-11(5-1)13-9-14-12-6-2-4-8-16(12)20-18(14)10-17(13)19-15;;/h1-9,20-21H;1-10H;2*1H4. The molecule has 6 aromatic carbocycles. The first-order chi connectivity index (χ1) is 21.1. The molecule has 0 spiro atoms. The summed E-state index contributed by atoms with van der Waals surface area (Å²) in [6, 6.07) is 37.7. The third-order valence-corrected chi connectivity index (χ3v) is 8.18. The van der Waals surface area contributed by atoms with Crippen LogP contribution in [-0.4, -0.2) is 17.2 Å². The first-order valence-electron chi connectivity index (χ1n) is 14.0. The fourth-order valence-electron chi connectivity index (χ4n) is 6.24. The van der Waals surface area contributed by atoms with Crippen LogP contribution in [0.2, 0.25) is 0 Å². The summed E-state index contributed by atoms with van der Waals surface area (Å²) in [5.74, 6) is 0. The lowest BCUT2D eigenvalue weighted by molar-refractivity contribution is 0.425. The van der Waals surface area contributed by atoms with Crippen LogP contribution < -0.4 is 5.46 Å². The molecule has 0 aliphatic heterocycles. The topological polar surface area (TPSA) is 93.0 Å². The number of benzene rings is 6. The van der Waals surface area contributed by atoms with Gasteiger partial charge in [0.05, 0.1) is 5.46 Å². The Labute approximate surface area is 257 Å². The summed E-state index contributed by atoms with van der Waals surface area (Å²) >= 11 is 0. The van der Waals surface area contributed by atoms with E-state index in [4.69, 9.17) is 17.7 Å². The Balaban J connectivity index is 0.000000139. The van der Waals surface area contributed by atoms with Crippen molar-refractivity contribution in [1.29, 1.82) is 0 Å². The van der Waals surface area contributed by atoms with Crippen molar-refractivity contribution < 1.29 is 27.7 Å². The first-order valence-corrected chi connectivity index (χ1v) is 14.0. The Bertz CT molecular complexity index is 2490. The Morgan fingerprint density at radius 3 is 1.09 bits per heavy atom. The van der Waals surface area contributed by atoms with Crippen molar-refractivity contribution >= 4 is 100 Å². The minimum absolute atomic E-state index is 0. The molecule has 7 heteroatoms. The van der Waals surface area contributed by atoms with Crippen molar-refractivity contribution in [2.45, 2.75) is 14.9 Å². The van der Waals surface area contributed by atoms with Crippen molar-refractivity contribution in [2.24, 2.45) is 0 Å². The number of hydrogen-bond acceptors (Lipinski definition) is 6. The van der Waals surface area contributed by atoms with E-state index in [1.807, 2.05) is 97.1 Å². The van der Waals surface area contributed by atoms with E-state index in [2.05, 4.69) is 18.2 Å². The molecule has 0 atom stereocenters. The highest BCUT2D eigenvalue weighted by Crippen LogP contribution is 2.37. The van der Waals surface area contributed by atoms with Crippen LogP contribution in [0.1, 0.15) is 14.9 Å². The molecule has 0 saturated carbocycles. The summed E-state index contributed by atoms with van der Waals surface area (Å²) in [5, 5.41) is 28.0. The molecule has 0 aliphatic rings. The van der Waals surface area contributed by atoms with Crippen molar-refractivity contribution in [3.8, 4) is 0 Å². The summed E-state index contributed by atoms with van der Waals surface area (Å²) in [6.45, 7) is 0. The van der Waals surface area contributed by atoms with Gasteiger partial charge in [0.1, 0.15) is 44.7 Å². The van der Waals surface area contributed by atoms with Gasteiger partial charge >= 0.3 is 7.12 Å². The van der Waals surface area contributed by atoms with E-state index in [1.54, 1.807) is 0 Å². The monoisotopic (exact) mass is 592 g/mol. The fraction of sp³-hybridized carbons (Fsp3) is 0.0526. The molecule has 0 bridgehead atoms. The van der Waals surface area contributed by atoms with Gasteiger partial charge in [-0.3, -0.25) is 0 Å². The van der Waals surface area contributed by atoms with E-state index in [0.29, 0.717) is 22.3 Å². The SMILES string of the molecule is C.C.OB(O)c1c2oc3ccccc3c2cc2c1oc1ccccc12.c1ccc2c(c1)oc1cc3oc4ccccc4c3cc12. The van der Waals surface area contributed by atoms with Crippen LogP contribution in [0.3, 0.4) is 0 Å². The molecule has 0 saturated heterocycles. The van der Waals surface area contributed by atoms with Crippen LogP contribution in [0.25, 0.3) is 87.8 Å². The lowest BCUT2D eigenvalue weighted by Gasteiger charge is -2.02. The average Bonchev–Trinajstić information content (AvgIpc) is 3.78. The van der Waals surface area contributed by atoms with E-state index in [9.17, 15) is 10.0 Å². The molecule has 10 rings (SSSR count). The normalized spacial score (nSPS) is 11.4. The molecule has 0 amide bonds. The summed E-state index contributed by atoms with van der Waals surface area (Å²) in [5.41, 5.74) is 6.17. The molecular formula is C38H29BO6. The molecule has 0 radical (unpaired) electrons. The van der Waals surface area contributed by atoms with Gasteiger partial charge in [0.15, 0.2) is 0 Å². The quantitative estimate of drug-likeness (QED) is 0.184. The third kappa shape index (κ3) is 4.20. The Morgan fingerprint density at radius 2 is 0.689 bits per heavy atom. The number of rotatable bonds is 1. The number of hydrogen-bond donors (Lipinski definition) is 2. The lowest BCUT2D eigenvalue weighted by Crippen LogP contribution is -2.30. The Morgan fingerprint density at radius 1 is 0.356 bits per heavy atom. The van der Waals surface area contributed by atoms with Crippen LogP contribution in [0.4, 0.5) is 0 Å². The van der Waals surface area contributed by atoms with Gasteiger partial charge in [-0.1, -0.05) is 87.6 Å². The van der Waals surface area contributed by atoms with E-state index in [0.717, 1.165) is 65.4 Å². The highest BCUT2D eigenvalue weighted by molar-refractivity contribution is 6.65. The molecule has 10 aromatic rings. The first kappa shape index (κ1) is 28.3. The van der Waals surface area contributed by atoms with Crippen LogP contribution in [-0.2, 0) is 0 Å². The molecule has 0 fully saturated rings. The summed E-state index contributed by atoms with van der Waals surface area (Å²) in [4.78, 5) is 0. The van der Waals surface area contributed by atoms with Crippen LogP contribution in [0.5, 0.6) is 0 Å². The second-order valence-corrected chi connectivity index (χ2v) is 10.7. The van der Waals surface area contributed by atoms with Crippen molar-refractivity contribution in [3.05, 3.63) is 115 Å². The molecule has 4 heterocycles. The molecule has 6 nitrogen and oxygen atoms in total. The summed E-state index contributed by atoms with van der Waals surface area (Å²) in [6.07, 6.45) is 0. The number of furan rings is 4. The average molecular weight is 592 g/mol. The van der Waals surface area contributed by atoms with E-state index >= 15 is 0 Å². The van der Waals surface area contributed by atoms with Crippen molar-refractivity contribution in [3.63, 3.8) is 0 Å². The van der Waals surface area contributed by atoms with Crippen LogP contribution in [0.15, 0.2) is 133 Å². The molecule has 4 aromatic heterocycles. The molecule has 45 heavy (non-hydrogen) atoms. The molecule has 0 unspecified atom stereocenters. The largest absolute Gasteiger partial charge is 0.496 e. The van der Waals surface area contributed by atoms with E-state index in [1.165, 1.54) is 0 Å². The zero-order chi connectivity index (χ0) is 28.7. The van der Waals surface area contributed by atoms with Gasteiger partial charge in [0, 0.05) is 49.2 Å². The van der Waals surface area contributed by atoms with Crippen LogP contribution >= 0.6 is 0 Å². The van der Waals surface area contributed by atoms with Crippen molar-refractivity contribution in [2.75, 3.05) is 0 Å². The van der Waals surface area contributed by atoms with Gasteiger partial charge in [-0.25, -0.2) is 0 Å². The van der Waals surface area contributed by atoms with Crippen molar-refractivity contribution in [1.82, 2.24) is 0 Å². The maximum absolute atomic E-state index is 9.91. The Kier molecular flexibility index (Phi) is 6.66. The van der Waals surface area contributed by atoms with E-state index in [-0.39, 0.29) is 20.3 Å². The van der Waals surface area contributed by atoms with Gasteiger partial charge < -0.3 is 27.7 Å². The Hall–Kier alpha value is -5.50. The fourth-order valence-corrected chi connectivity index (χ4v) is 6.24. The third-order valence-electron chi connectivity index (χ3n) is 8.18. The summed E-state index contributed by atoms with van der Waals surface area (Å²) in [7, 11) is -1.68. The zero-order valence-electron chi connectivity index (χ0n) is 22.6. The lowest BCUT2D eigenvalue weighted by atomic mass is 9.78. The maximum Gasteiger partial charge on any atom is 0.496 e. The second kappa shape index (κ2) is 10.6. The number of fused-ring (bicyclic) bond motifs is 12. The van der Waals surface area contributed by atoms with Crippen LogP contribution in [0, 0.1) is 0 Å². The number of para-hydroxylation sites is 4. The minimum atomic E-state index is -1.68. The maximum atomic E-state index is 9.91. The highest BCUT2D eigenvalue weighted by atomic mass is 16.4. The van der Waals surface area contributed by atoms with Gasteiger partial charge in [-0.15, -0.1) is 0 Å². The second-order valence-electron chi connectivity index (χ2n) is 10.7. The summed E-state index contributed by atoms with van der Waals surface area (Å²) < 4.78 is 23.5. The van der Waals surface area contributed by atoms with E-state index < -0.39 is 7.12 Å². The highest BCUT2D eigenvalue weighted by Gasteiger charge is 2.26. The molecular weight excluding hydrogens is 563 g/mol. The van der Waals surface area contributed by atoms with Gasteiger partial charge in [-0.05, 0) is 36.4 Å². The van der Waals surface area contributed by atoms with Gasteiger partial charge in [0.2, 0.25) is 0 Å². The predicted octanol–water partition coefficient (Wildman–Crippen LogP) is 9.92. The predicted molar refractivity (Wildman–Crippen MR) is 185 cm³/mol.